The van der Waals surface area contributed by atoms with Crippen LogP contribution < -0.4 is 10.2 Å². The van der Waals surface area contributed by atoms with Crippen molar-refractivity contribution in [2.24, 2.45) is 17.8 Å². The number of hydrogen-bond donors (Lipinski definition) is 2. The predicted molar refractivity (Wildman–Crippen MR) is 153 cm³/mol. The summed E-state index contributed by atoms with van der Waals surface area (Å²) in [4.78, 5) is 49.5. The molecule has 1 aromatic carbocycles. The van der Waals surface area contributed by atoms with Crippen molar-refractivity contribution in [1.82, 2.24) is 20.2 Å². The smallest absolute Gasteiger partial charge is 0.434 e. The second-order valence-electron chi connectivity index (χ2n) is 13.1. The minimum Gasteiger partial charge on any atom is -0.479 e. The maximum atomic E-state index is 14.5. The van der Waals surface area contributed by atoms with Crippen LogP contribution >= 0.6 is 0 Å². The van der Waals surface area contributed by atoms with E-state index in [1.165, 1.54) is 7.11 Å². The molecule has 2 N–H and O–H groups in total. The fraction of sp³-hybridized carbons (Fsp3) is 0.581. The number of halogens is 3. The highest BCUT2D eigenvalue weighted by molar-refractivity contribution is 5.99. The van der Waals surface area contributed by atoms with Gasteiger partial charge in [0.25, 0.3) is 5.91 Å². The van der Waals surface area contributed by atoms with E-state index in [0.717, 1.165) is 23.7 Å². The average molecular weight is 616 g/mol. The van der Waals surface area contributed by atoms with E-state index in [2.05, 4.69) is 15.3 Å². The third-order valence-electron chi connectivity index (χ3n) is 10.2. The summed E-state index contributed by atoms with van der Waals surface area (Å²) in [6, 6.07) is 5.71. The van der Waals surface area contributed by atoms with Crippen LogP contribution in [0.15, 0.2) is 24.4 Å². The lowest BCUT2D eigenvalue weighted by Crippen LogP contribution is -2.57. The number of ether oxygens (including phenoxy) is 1. The molecular weight excluding hydrogens is 579 g/mol. The molecule has 10 nitrogen and oxygen atoms in total. The van der Waals surface area contributed by atoms with Gasteiger partial charge in [-0.05, 0) is 74.8 Å². The monoisotopic (exact) mass is 615 g/mol. The first-order valence-electron chi connectivity index (χ1n) is 15.0. The Morgan fingerprint density at radius 1 is 1.14 bits per heavy atom. The van der Waals surface area contributed by atoms with E-state index in [9.17, 15) is 32.7 Å². The molecule has 4 aliphatic rings. The van der Waals surface area contributed by atoms with Crippen molar-refractivity contribution < 1.29 is 37.4 Å². The Kier molecular flexibility index (Phi) is 7.28. The van der Waals surface area contributed by atoms with E-state index in [1.807, 2.05) is 32.0 Å². The van der Waals surface area contributed by atoms with Gasteiger partial charge >= 0.3 is 18.2 Å². The Labute approximate surface area is 253 Å². The van der Waals surface area contributed by atoms with Crippen LogP contribution in [-0.4, -0.2) is 70.2 Å². The summed E-state index contributed by atoms with van der Waals surface area (Å²) in [7, 11) is 1.32. The molecule has 4 unspecified atom stereocenters. The van der Waals surface area contributed by atoms with Crippen molar-refractivity contribution >= 4 is 29.6 Å². The van der Waals surface area contributed by atoms with Gasteiger partial charge in [0.1, 0.15) is 5.54 Å². The molecule has 3 fully saturated rings. The Bertz CT molecular complexity index is 1510. The largest absolute Gasteiger partial charge is 0.479 e. The highest BCUT2D eigenvalue weighted by Crippen LogP contribution is 2.52. The van der Waals surface area contributed by atoms with Crippen molar-refractivity contribution in [3.05, 3.63) is 46.8 Å². The number of aromatic nitrogens is 2. The van der Waals surface area contributed by atoms with Crippen molar-refractivity contribution in [3.63, 3.8) is 0 Å². The summed E-state index contributed by atoms with van der Waals surface area (Å²) in [6.45, 7) is 5.11. The minimum atomic E-state index is -5.00. The van der Waals surface area contributed by atoms with Crippen molar-refractivity contribution in [1.29, 1.82) is 0 Å². The van der Waals surface area contributed by atoms with Gasteiger partial charge in [0, 0.05) is 36.9 Å². The number of amides is 2. The maximum absolute atomic E-state index is 14.5. The first-order valence-corrected chi connectivity index (χ1v) is 15.0. The van der Waals surface area contributed by atoms with E-state index in [0.29, 0.717) is 51.0 Å². The zero-order chi connectivity index (χ0) is 31.6. The van der Waals surface area contributed by atoms with Crippen LogP contribution in [0.2, 0.25) is 0 Å². The number of nitrogens with zero attached hydrogens (tertiary/aromatic N) is 4. The maximum Gasteiger partial charge on any atom is 0.434 e. The molecule has 236 valence electrons. The molecule has 3 heterocycles. The third kappa shape index (κ3) is 4.93. The minimum absolute atomic E-state index is 0.0894. The molecule has 2 saturated carbocycles. The highest BCUT2D eigenvalue weighted by atomic mass is 19.4. The van der Waals surface area contributed by atoms with E-state index in [1.54, 1.807) is 9.80 Å². The lowest BCUT2D eigenvalue weighted by Gasteiger charge is -2.39. The zero-order valence-corrected chi connectivity index (χ0v) is 24.9. The average Bonchev–Trinajstić information content (AvgIpc) is 3.42. The van der Waals surface area contributed by atoms with Gasteiger partial charge in [0.05, 0.1) is 12.7 Å². The normalized spacial score (nSPS) is 27.3. The van der Waals surface area contributed by atoms with Crippen LogP contribution in [0.3, 0.4) is 0 Å². The van der Waals surface area contributed by atoms with E-state index < -0.39 is 46.4 Å². The lowest BCUT2D eigenvalue weighted by molar-refractivity contribution is -0.146. The number of methoxy groups -OCH3 is 1. The van der Waals surface area contributed by atoms with Crippen LogP contribution in [0.4, 0.5) is 29.6 Å². The molecule has 2 amide bonds. The first-order chi connectivity index (χ1) is 20.8. The number of carbonyl (C=O) groups excluding carboxylic acids is 2. The summed E-state index contributed by atoms with van der Waals surface area (Å²) >= 11 is 0. The van der Waals surface area contributed by atoms with Crippen molar-refractivity contribution in [2.45, 2.75) is 69.5 Å². The summed E-state index contributed by atoms with van der Waals surface area (Å²) in [6.07, 6.45) is -1.22. The Hall–Kier alpha value is -3.90. The van der Waals surface area contributed by atoms with E-state index in [-0.39, 0.29) is 30.1 Å². The summed E-state index contributed by atoms with van der Waals surface area (Å²) in [5.74, 6) is -2.58. The van der Waals surface area contributed by atoms with Gasteiger partial charge in [-0.25, -0.2) is 19.6 Å². The third-order valence-corrected chi connectivity index (χ3v) is 10.2. The van der Waals surface area contributed by atoms with Gasteiger partial charge in [-0.1, -0.05) is 24.6 Å². The molecule has 2 aliphatic heterocycles. The van der Waals surface area contributed by atoms with Crippen LogP contribution in [0.25, 0.3) is 0 Å². The molecule has 2 bridgehead atoms. The number of aryl methyl sites for hydroxylation is 1. The molecule has 6 rings (SSSR count). The van der Waals surface area contributed by atoms with Gasteiger partial charge in [-0.3, -0.25) is 4.79 Å². The second kappa shape index (κ2) is 10.6. The lowest BCUT2D eigenvalue weighted by atomic mass is 9.74. The number of benzene rings is 1. The summed E-state index contributed by atoms with van der Waals surface area (Å²) < 4.78 is 48.4. The quantitative estimate of drug-likeness (QED) is 0.489. The van der Waals surface area contributed by atoms with Gasteiger partial charge in [0.2, 0.25) is 5.95 Å². The number of carbonyl (C=O) groups is 3. The number of carboxylic acid groups (broad SMARTS) is 1. The van der Waals surface area contributed by atoms with E-state index >= 15 is 0 Å². The number of aliphatic carboxylic acids is 1. The van der Waals surface area contributed by atoms with Gasteiger partial charge in [-0.2, -0.15) is 13.2 Å². The predicted octanol–water partition coefficient (Wildman–Crippen LogP) is 5.06. The fourth-order valence-corrected chi connectivity index (χ4v) is 8.20. The van der Waals surface area contributed by atoms with Gasteiger partial charge in [-0.15, -0.1) is 0 Å². The molecule has 2 aromatic rings. The molecular formula is C31H36F3N5O5. The summed E-state index contributed by atoms with van der Waals surface area (Å²) in [5.41, 5.74) is -1.69. The zero-order valence-electron chi connectivity index (χ0n) is 24.9. The van der Waals surface area contributed by atoms with Gasteiger partial charge < -0.3 is 25.0 Å². The van der Waals surface area contributed by atoms with Crippen LogP contribution in [0, 0.1) is 24.7 Å². The van der Waals surface area contributed by atoms with Crippen molar-refractivity contribution in [3.8, 4) is 0 Å². The number of nitrogens with one attached hydrogen (secondary N) is 1. The van der Waals surface area contributed by atoms with E-state index in [4.69, 9.17) is 4.74 Å². The fourth-order valence-electron chi connectivity index (χ4n) is 8.20. The summed E-state index contributed by atoms with van der Waals surface area (Å²) in [5, 5.41) is 12.7. The van der Waals surface area contributed by atoms with Crippen LogP contribution in [-0.2, 0) is 21.1 Å². The molecule has 13 heteroatoms. The number of piperidine rings is 1. The molecule has 4 atom stereocenters. The Balaban J connectivity index is 1.33. The molecule has 44 heavy (non-hydrogen) atoms. The number of rotatable bonds is 4. The number of likely N-dealkylation sites (tertiary alicyclic amines) is 1. The topological polar surface area (TPSA) is 125 Å². The molecule has 1 saturated heterocycles. The second-order valence-corrected chi connectivity index (χ2v) is 13.1. The number of hydrogen-bond acceptors (Lipinski definition) is 7. The van der Waals surface area contributed by atoms with Crippen LogP contribution in [0.5, 0.6) is 0 Å². The van der Waals surface area contributed by atoms with Gasteiger partial charge in [0.15, 0.2) is 5.69 Å². The molecule has 1 spiro atoms. The Morgan fingerprint density at radius 3 is 2.52 bits per heavy atom. The number of anilines is 2. The molecule has 2 aliphatic carbocycles. The Morgan fingerprint density at radius 2 is 1.86 bits per heavy atom. The van der Waals surface area contributed by atoms with Crippen molar-refractivity contribution in [2.75, 3.05) is 31.6 Å². The highest BCUT2D eigenvalue weighted by Gasteiger charge is 2.57. The molecule has 0 radical (unpaired) electrons. The number of alkyl halides is 3. The standard InChI is InChI=1S/C31H36F3N5O5/c1-17-4-5-23-22(12-17)29(6-8-38(9-7-29)28(43)44-3)16-39(23)27-35-15-21(24(36-27)31(32,33)34)25(40)37-30(26(41)42)14-19-10-18(2)11-20(30)13-19/h4-5,12,15,18-20H,6-11,13-14,16H2,1-3H3,(H,37,40)(H,41,42). The van der Waals surface area contributed by atoms with Crippen LogP contribution in [0.1, 0.15) is 72.6 Å². The number of carboxylic acids is 1. The number of fused-ring (bicyclic) bond motifs is 4. The first kappa shape index (κ1) is 30.1. The molecule has 1 aromatic heterocycles. The SMILES string of the molecule is COC(=O)N1CCC2(CC1)CN(c1ncc(C(=O)NC3(C(=O)O)CC4CC(C)CC3C4)c(C(F)(F)F)n1)c1ccc(C)cc12.